The number of hydrogen-bond donors (Lipinski definition) is 0. The third-order valence-corrected chi connectivity index (χ3v) is 6.08. The molecule has 0 amide bonds. The SMILES string of the molecule is CN(CCCN(C)c1ccc(N=Nc2n(C)nc[n+]2C)cc1)c1ccc(N=Nc2n(C)nc[n+]2C)cc1.[Cl][Zn-2]([Cl])([Cl])[Cl]. The van der Waals surface area contributed by atoms with E-state index in [-0.39, 0.29) is 0 Å². The van der Waals surface area contributed by atoms with Crippen LogP contribution in [0.2, 0.25) is 0 Å². The summed E-state index contributed by atoms with van der Waals surface area (Å²) in [6.07, 6.45) is 4.43. The number of nitrogens with zero attached hydrogens (tertiary/aromatic N) is 12. The number of hydrogen-bond acceptors (Lipinski definition) is 8. The molecule has 4 aromatic rings. The van der Waals surface area contributed by atoms with Crippen LogP contribution in [0.4, 0.5) is 34.6 Å². The van der Waals surface area contributed by atoms with Gasteiger partial charge in [-0.1, -0.05) is 10.2 Å². The second-order valence-corrected chi connectivity index (χ2v) is 37.3. The molecular weight excluding hydrogens is 676 g/mol. The normalized spacial score (nSPS) is 11.7. The van der Waals surface area contributed by atoms with Crippen molar-refractivity contribution in [1.82, 2.24) is 19.6 Å². The van der Waals surface area contributed by atoms with Crippen LogP contribution in [0.1, 0.15) is 6.42 Å². The fourth-order valence-corrected chi connectivity index (χ4v) is 3.80. The van der Waals surface area contributed by atoms with Crippen LogP contribution in [0.15, 0.2) is 81.6 Å². The van der Waals surface area contributed by atoms with E-state index in [2.05, 4.69) is 78.8 Å². The Labute approximate surface area is 264 Å². The predicted molar refractivity (Wildman–Crippen MR) is 165 cm³/mol. The molecule has 2 heterocycles. The summed E-state index contributed by atoms with van der Waals surface area (Å²) >= 11 is 0. The Bertz CT molecular complexity index is 1330. The molecule has 0 radical (unpaired) electrons. The molecule has 0 N–H and O–H groups in total. The third kappa shape index (κ3) is 10.9. The Hall–Kier alpha value is -2.70. The molecule has 42 heavy (non-hydrogen) atoms. The number of rotatable bonds is 10. The molecule has 2 aromatic heterocycles. The van der Waals surface area contributed by atoms with Crippen molar-refractivity contribution in [3.63, 3.8) is 0 Å². The van der Waals surface area contributed by atoms with Gasteiger partial charge in [0.05, 0.1) is 39.6 Å². The zero-order valence-electron chi connectivity index (χ0n) is 24.5. The van der Waals surface area contributed by atoms with Gasteiger partial charge in [-0.15, -0.1) is 9.36 Å². The van der Waals surface area contributed by atoms with Crippen LogP contribution >= 0.6 is 38.8 Å². The van der Waals surface area contributed by atoms with E-state index >= 15 is 0 Å². The van der Waals surface area contributed by atoms with Crippen molar-refractivity contribution < 1.29 is 19.9 Å². The van der Waals surface area contributed by atoms with Gasteiger partial charge in [-0.2, -0.15) is 0 Å². The van der Waals surface area contributed by atoms with Crippen LogP contribution in [0.5, 0.6) is 0 Å². The van der Waals surface area contributed by atoms with E-state index < -0.39 is 10.8 Å². The van der Waals surface area contributed by atoms with Gasteiger partial charge in [0.2, 0.25) is 12.7 Å². The molecular formula is C25H34Cl4N12Zn. The van der Waals surface area contributed by atoms with Gasteiger partial charge in [0.1, 0.15) is 0 Å². The van der Waals surface area contributed by atoms with Crippen molar-refractivity contribution in [2.45, 2.75) is 6.42 Å². The molecule has 17 heteroatoms. The van der Waals surface area contributed by atoms with Gasteiger partial charge in [-0.3, -0.25) is 0 Å². The van der Waals surface area contributed by atoms with Crippen LogP contribution in [-0.2, 0) is 39.0 Å². The van der Waals surface area contributed by atoms with Crippen LogP contribution in [-0.4, -0.2) is 46.7 Å². The van der Waals surface area contributed by atoms with Gasteiger partial charge >= 0.3 is 61.5 Å². The van der Waals surface area contributed by atoms with Gasteiger partial charge in [0.15, 0.2) is 0 Å². The first-order valence-corrected chi connectivity index (χ1v) is 28.7. The summed E-state index contributed by atoms with van der Waals surface area (Å²) in [6.45, 7) is 1.87. The van der Waals surface area contributed by atoms with Gasteiger partial charge in [-0.05, 0) is 65.1 Å². The first kappa shape index (κ1) is 33.8. The number of azo groups is 2. The first-order chi connectivity index (χ1) is 19.8. The maximum absolute atomic E-state index is 5.05. The number of aromatic nitrogens is 6. The predicted octanol–water partition coefficient (Wildman–Crippen LogP) is 6.35. The Morgan fingerprint density at radius 1 is 0.667 bits per heavy atom. The van der Waals surface area contributed by atoms with Crippen molar-refractivity contribution in [1.29, 1.82) is 0 Å². The van der Waals surface area contributed by atoms with Crippen LogP contribution in [0.3, 0.4) is 0 Å². The average molecular weight is 710 g/mol. The molecule has 0 aliphatic carbocycles. The standard InChI is InChI=1S/C25H34N12.4ClH.Zn/c1-32(22-12-8-20(9-13-22)28-30-24-34(3)18-26-36(24)5)16-7-17-33(2)23-14-10-21(11-15-23)29-31-25-35(4)19-27-37(25)6;;;;;/h8-15,18-19H,7,16-17H2,1-6H3;4*1H;/q+2;;;;;+2/p-4. The molecule has 0 saturated heterocycles. The molecule has 0 atom stereocenters. The second kappa shape index (κ2) is 15.7. The van der Waals surface area contributed by atoms with Gasteiger partial charge < -0.3 is 9.80 Å². The van der Waals surface area contributed by atoms with Crippen LogP contribution in [0.25, 0.3) is 0 Å². The van der Waals surface area contributed by atoms with Crippen LogP contribution in [0, 0.1) is 0 Å². The fraction of sp³-hybridized carbons (Fsp3) is 0.360. The van der Waals surface area contributed by atoms with Gasteiger partial charge in [-0.25, -0.2) is 9.13 Å². The molecule has 4 rings (SSSR count). The monoisotopic (exact) mass is 706 g/mol. The van der Waals surface area contributed by atoms with E-state index in [4.69, 9.17) is 38.8 Å². The average Bonchev–Trinajstić information content (AvgIpc) is 3.44. The van der Waals surface area contributed by atoms with Crippen molar-refractivity contribution in [3.8, 4) is 0 Å². The van der Waals surface area contributed by atoms with Crippen molar-refractivity contribution in [2.75, 3.05) is 37.0 Å². The third-order valence-electron chi connectivity index (χ3n) is 6.08. The Morgan fingerprint density at radius 2 is 1.00 bits per heavy atom. The minimum absolute atomic E-state index is 0.684. The second-order valence-electron chi connectivity index (χ2n) is 9.57. The summed E-state index contributed by atoms with van der Waals surface area (Å²) in [7, 11) is 28.5. The van der Waals surface area contributed by atoms with Crippen LogP contribution < -0.4 is 18.9 Å². The summed E-state index contributed by atoms with van der Waals surface area (Å²) in [4.78, 5) is 4.50. The Kier molecular flexibility index (Phi) is 12.6. The topological polar surface area (TPSA) is 99.3 Å². The summed E-state index contributed by atoms with van der Waals surface area (Å²) < 4.78 is 7.02. The van der Waals surface area contributed by atoms with E-state index in [0.717, 1.165) is 42.3 Å². The maximum atomic E-state index is 5.05. The van der Waals surface area contributed by atoms with Gasteiger partial charge in [0.25, 0.3) is 0 Å². The first-order valence-electron chi connectivity index (χ1n) is 13.1. The zero-order valence-corrected chi connectivity index (χ0v) is 30.5. The Balaban J connectivity index is 0.000000892. The fourth-order valence-electron chi connectivity index (χ4n) is 3.80. The quantitative estimate of drug-likeness (QED) is 0.109. The number of aryl methyl sites for hydroxylation is 4. The van der Waals surface area contributed by atoms with E-state index in [0.29, 0.717) is 11.9 Å². The van der Waals surface area contributed by atoms with Crippen molar-refractivity contribution in [2.24, 2.45) is 48.6 Å². The number of halogens is 4. The summed E-state index contributed by atoms with van der Waals surface area (Å²) in [5.41, 5.74) is 3.89. The summed E-state index contributed by atoms with van der Waals surface area (Å²) in [6, 6.07) is 16.2. The van der Waals surface area contributed by atoms with Crippen molar-refractivity contribution in [3.05, 3.63) is 61.2 Å². The molecule has 0 aliphatic heterocycles. The molecule has 0 bridgehead atoms. The van der Waals surface area contributed by atoms with Gasteiger partial charge in [0, 0.05) is 48.8 Å². The van der Waals surface area contributed by atoms with E-state index in [1.165, 1.54) is 0 Å². The van der Waals surface area contributed by atoms with E-state index in [9.17, 15) is 0 Å². The summed E-state index contributed by atoms with van der Waals surface area (Å²) in [5, 5.41) is 25.6. The molecule has 224 valence electrons. The minimum atomic E-state index is -3.36. The van der Waals surface area contributed by atoms with Crippen molar-refractivity contribution >= 4 is 73.4 Å². The Morgan fingerprint density at radius 3 is 1.29 bits per heavy atom. The van der Waals surface area contributed by atoms with E-state index in [1.807, 2.05) is 61.6 Å². The zero-order chi connectivity index (χ0) is 30.9. The number of anilines is 2. The molecule has 0 spiro atoms. The summed E-state index contributed by atoms with van der Waals surface area (Å²) in [5.74, 6) is 1.37. The molecule has 0 aliphatic rings. The molecule has 0 fully saturated rings. The number of benzene rings is 2. The molecule has 0 unspecified atom stereocenters. The van der Waals surface area contributed by atoms with E-state index in [1.54, 1.807) is 22.0 Å². The molecule has 12 nitrogen and oxygen atoms in total. The molecule has 2 aromatic carbocycles. The molecule has 0 saturated carbocycles.